The molecule has 0 fully saturated rings. The Hall–Kier alpha value is -7.98. The summed E-state index contributed by atoms with van der Waals surface area (Å²) < 4.78 is 7.57. The molecule has 10 aromatic carbocycles. The van der Waals surface area contributed by atoms with Gasteiger partial charge in [0, 0.05) is 53.1 Å². The van der Waals surface area contributed by atoms with Crippen molar-refractivity contribution in [2.45, 2.75) is 0 Å². The first-order chi connectivity index (χ1) is 31.2. The van der Waals surface area contributed by atoms with Gasteiger partial charge >= 0.3 is 0 Å². The first-order valence-electron chi connectivity index (χ1n) is 21.6. The molecular weight excluding hydrogens is 781 g/mol. The van der Waals surface area contributed by atoms with Gasteiger partial charge < -0.3 is 9.13 Å². The molecule has 13 aromatic rings. The summed E-state index contributed by atoms with van der Waals surface area (Å²) in [6, 6.07) is 84.5. The minimum atomic E-state index is 1.15. The van der Waals surface area contributed by atoms with Crippen molar-refractivity contribution < 1.29 is 0 Å². The Labute approximate surface area is 368 Å². The van der Waals surface area contributed by atoms with Crippen LogP contribution in [0.2, 0.25) is 0 Å². The van der Waals surface area contributed by atoms with Gasteiger partial charge in [0.15, 0.2) is 0 Å². The first kappa shape index (κ1) is 35.7. The van der Waals surface area contributed by atoms with Gasteiger partial charge in [0.25, 0.3) is 0 Å². The molecule has 0 aliphatic carbocycles. The third-order valence-corrected chi connectivity index (χ3v) is 14.2. The molecule has 0 aliphatic heterocycles. The van der Waals surface area contributed by atoms with Crippen LogP contribution in [0, 0.1) is 0 Å². The zero-order valence-corrected chi connectivity index (χ0v) is 35.1. The summed E-state index contributed by atoms with van der Waals surface area (Å²) in [5.41, 5.74) is 16.9. The van der Waals surface area contributed by atoms with Crippen molar-refractivity contribution in [3.05, 3.63) is 231 Å². The molecule has 0 bridgehead atoms. The summed E-state index contributed by atoms with van der Waals surface area (Å²) in [4.78, 5) is 0. The quantitative estimate of drug-likeness (QED) is 0.158. The van der Waals surface area contributed by atoms with E-state index in [1.165, 1.54) is 108 Å². The Morgan fingerprint density at radius 1 is 0.238 bits per heavy atom. The number of benzene rings is 10. The molecule has 3 heterocycles. The second kappa shape index (κ2) is 14.3. The fourth-order valence-electron chi connectivity index (χ4n) is 10.0. The largest absolute Gasteiger partial charge is 0.309 e. The van der Waals surface area contributed by atoms with Crippen LogP contribution >= 0.6 is 11.3 Å². The van der Waals surface area contributed by atoms with E-state index >= 15 is 0 Å². The van der Waals surface area contributed by atoms with Crippen LogP contribution in [0.4, 0.5) is 0 Å². The summed E-state index contributed by atoms with van der Waals surface area (Å²) in [6.45, 7) is 0. The Bertz CT molecular complexity index is 3890. The van der Waals surface area contributed by atoms with E-state index in [1.54, 1.807) is 0 Å². The van der Waals surface area contributed by atoms with Gasteiger partial charge in [-0.2, -0.15) is 0 Å². The number of fused-ring (bicyclic) bond motifs is 9. The maximum atomic E-state index is 2.47. The number of rotatable bonds is 6. The molecule has 0 N–H and O–H groups in total. The molecule has 294 valence electrons. The molecule has 2 nitrogen and oxygen atoms in total. The normalized spacial score (nSPS) is 11.8. The predicted molar refractivity (Wildman–Crippen MR) is 270 cm³/mol. The third kappa shape index (κ3) is 5.71. The van der Waals surface area contributed by atoms with Gasteiger partial charge in [0.05, 0.1) is 22.1 Å². The van der Waals surface area contributed by atoms with Crippen molar-refractivity contribution in [1.82, 2.24) is 9.13 Å². The van der Waals surface area contributed by atoms with Crippen LogP contribution in [0.3, 0.4) is 0 Å². The third-order valence-electron chi connectivity index (χ3n) is 12.9. The van der Waals surface area contributed by atoms with Gasteiger partial charge in [-0.1, -0.05) is 182 Å². The molecule has 0 atom stereocenters. The predicted octanol–water partition coefficient (Wildman–Crippen LogP) is 16.9. The highest BCUT2D eigenvalue weighted by Gasteiger charge is 2.20. The standard InChI is InChI=1S/C60H38N2S/c1-3-15-39(16-4-1)40-31-33-41(34-32-40)43-19-11-21-45(35-43)61-55-29-9-7-23-49(55)53-38-58-54(37-57(53)61)50-24-8-10-30-56(50)62(58)46-22-12-20-44(36-46)48-26-14-28-52-51-27-13-25-47(59(51)63-60(48)52)42-17-5-2-6-18-42/h1-38H. The molecule has 3 heteroatoms. The van der Waals surface area contributed by atoms with Gasteiger partial charge in [-0.05, 0) is 93.0 Å². The monoisotopic (exact) mass is 818 g/mol. The van der Waals surface area contributed by atoms with Crippen molar-refractivity contribution in [3.8, 4) is 55.9 Å². The van der Waals surface area contributed by atoms with E-state index in [1.807, 2.05) is 11.3 Å². The fourth-order valence-corrected chi connectivity index (χ4v) is 11.4. The first-order valence-corrected chi connectivity index (χ1v) is 22.4. The number of hydrogen-bond donors (Lipinski definition) is 0. The molecule has 0 saturated carbocycles. The average molecular weight is 819 g/mol. The highest BCUT2D eigenvalue weighted by atomic mass is 32.1. The van der Waals surface area contributed by atoms with Crippen LogP contribution in [0.1, 0.15) is 0 Å². The molecule has 0 saturated heterocycles. The molecule has 3 aromatic heterocycles. The number of thiophene rings is 1. The van der Waals surface area contributed by atoms with E-state index in [2.05, 4.69) is 240 Å². The molecule has 0 aliphatic rings. The van der Waals surface area contributed by atoms with Crippen LogP contribution < -0.4 is 0 Å². The van der Waals surface area contributed by atoms with Crippen molar-refractivity contribution in [2.24, 2.45) is 0 Å². The zero-order chi connectivity index (χ0) is 41.4. The zero-order valence-electron chi connectivity index (χ0n) is 34.2. The molecule has 0 radical (unpaired) electrons. The van der Waals surface area contributed by atoms with E-state index in [-0.39, 0.29) is 0 Å². The van der Waals surface area contributed by atoms with E-state index in [9.17, 15) is 0 Å². The number of aromatic nitrogens is 2. The van der Waals surface area contributed by atoms with Crippen molar-refractivity contribution >= 4 is 75.1 Å². The lowest BCUT2D eigenvalue weighted by Gasteiger charge is -2.12. The van der Waals surface area contributed by atoms with Crippen LogP contribution in [0.15, 0.2) is 231 Å². The maximum absolute atomic E-state index is 2.47. The van der Waals surface area contributed by atoms with E-state index in [0.717, 1.165) is 11.4 Å². The molecule has 13 rings (SSSR count). The molecule has 0 amide bonds. The summed E-state index contributed by atoms with van der Waals surface area (Å²) in [6.07, 6.45) is 0. The highest BCUT2D eigenvalue weighted by molar-refractivity contribution is 7.26. The SMILES string of the molecule is c1ccc(-c2ccc(-c3cccc(-n4c5ccccc5c5cc6c(cc54)c4ccccc4n6-c4cccc(-c5cccc6c5sc5c(-c7ccccc7)cccc56)c4)c3)cc2)cc1. The molecule has 0 spiro atoms. The van der Waals surface area contributed by atoms with E-state index < -0.39 is 0 Å². The Balaban J connectivity index is 0.969. The lowest BCUT2D eigenvalue weighted by molar-refractivity contribution is 1.17. The van der Waals surface area contributed by atoms with E-state index in [4.69, 9.17) is 0 Å². The summed E-state index contributed by atoms with van der Waals surface area (Å²) in [5.74, 6) is 0. The molecule has 63 heavy (non-hydrogen) atoms. The summed E-state index contributed by atoms with van der Waals surface area (Å²) in [7, 11) is 0. The second-order valence-electron chi connectivity index (χ2n) is 16.5. The number of nitrogens with zero attached hydrogens (tertiary/aromatic N) is 2. The van der Waals surface area contributed by atoms with Crippen LogP contribution in [-0.4, -0.2) is 9.13 Å². The molecule has 0 unspecified atom stereocenters. The summed E-state index contributed by atoms with van der Waals surface area (Å²) in [5, 5.41) is 7.57. The van der Waals surface area contributed by atoms with Gasteiger partial charge in [0.2, 0.25) is 0 Å². The Morgan fingerprint density at radius 3 is 1.21 bits per heavy atom. The van der Waals surface area contributed by atoms with Crippen LogP contribution in [-0.2, 0) is 0 Å². The lowest BCUT2D eigenvalue weighted by atomic mass is 10.00. The maximum Gasteiger partial charge on any atom is 0.0548 e. The van der Waals surface area contributed by atoms with Crippen LogP contribution in [0.5, 0.6) is 0 Å². The van der Waals surface area contributed by atoms with Crippen LogP contribution in [0.25, 0.3) is 120 Å². The minimum absolute atomic E-state index is 1.15. The van der Waals surface area contributed by atoms with Gasteiger partial charge in [-0.15, -0.1) is 11.3 Å². The number of hydrogen-bond acceptors (Lipinski definition) is 1. The highest BCUT2D eigenvalue weighted by Crippen LogP contribution is 2.45. The number of para-hydroxylation sites is 2. The van der Waals surface area contributed by atoms with Crippen molar-refractivity contribution in [3.63, 3.8) is 0 Å². The topological polar surface area (TPSA) is 9.86 Å². The fraction of sp³-hybridized carbons (Fsp3) is 0. The van der Waals surface area contributed by atoms with E-state index in [0.29, 0.717) is 0 Å². The Kier molecular flexibility index (Phi) is 8.12. The molecular formula is C60H38N2S. The second-order valence-corrected chi connectivity index (χ2v) is 17.5. The van der Waals surface area contributed by atoms with Gasteiger partial charge in [0.1, 0.15) is 0 Å². The van der Waals surface area contributed by atoms with Gasteiger partial charge in [-0.25, -0.2) is 0 Å². The Morgan fingerprint density at radius 2 is 0.635 bits per heavy atom. The van der Waals surface area contributed by atoms with Gasteiger partial charge in [-0.3, -0.25) is 0 Å². The lowest BCUT2D eigenvalue weighted by Crippen LogP contribution is -1.95. The minimum Gasteiger partial charge on any atom is -0.309 e. The average Bonchev–Trinajstić information content (AvgIpc) is 4.01. The van der Waals surface area contributed by atoms with Crippen molar-refractivity contribution in [1.29, 1.82) is 0 Å². The smallest absolute Gasteiger partial charge is 0.0548 e. The van der Waals surface area contributed by atoms with Crippen molar-refractivity contribution in [2.75, 3.05) is 0 Å². The summed E-state index contributed by atoms with van der Waals surface area (Å²) >= 11 is 1.91.